The first-order valence-corrected chi connectivity index (χ1v) is 5.65. The summed E-state index contributed by atoms with van der Waals surface area (Å²) >= 11 is 0. The van der Waals surface area contributed by atoms with E-state index in [4.69, 9.17) is 5.73 Å². The van der Waals surface area contributed by atoms with E-state index < -0.39 is 10.0 Å². The third kappa shape index (κ3) is 4.04. The molecule has 0 aliphatic heterocycles. The Hall–Kier alpha value is -0.130. The fraction of sp³-hybridized carbons (Fsp3) is 1.00. The van der Waals surface area contributed by atoms with Crippen molar-refractivity contribution in [2.45, 2.75) is 13.8 Å². The molecule has 0 saturated carbocycles. The van der Waals surface area contributed by atoms with Gasteiger partial charge in [0.15, 0.2) is 0 Å². The number of nitrogens with zero attached hydrogens (tertiary/aromatic N) is 1. The molecule has 0 fully saturated rings. The van der Waals surface area contributed by atoms with Gasteiger partial charge in [0.2, 0.25) is 10.0 Å². The largest absolute Gasteiger partial charge is 0.329 e. The van der Waals surface area contributed by atoms with E-state index in [1.807, 2.05) is 13.8 Å². The van der Waals surface area contributed by atoms with Crippen LogP contribution in [0.5, 0.6) is 0 Å². The zero-order chi connectivity index (χ0) is 9.78. The Labute approximate surface area is 74.8 Å². The lowest BCUT2D eigenvalue weighted by molar-refractivity contribution is 0.417. The molecule has 2 N–H and O–H groups in total. The third-order valence-electron chi connectivity index (χ3n) is 1.47. The van der Waals surface area contributed by atoms with Crippen molar-refractivity contribution < 1.29 is 8.42 Å². The lowest BCUT2D eigenvalue weighted by Crippen LogP contribution is -2.34. The Balaban J connectivity index is 4.16. The predicted octanol–water partition coefficient (Wildman–Crippen LogP) is -0.137. The van der Waals surface area contributed by atoms with Crippen molar-refractivity contribution >= 4 is 10.0 Å². The molecule has 0 heterocycles. The topological polar surface area (TPSA) is 63.4 Å². The van der Waals surface area contributed by atoms with Crippen molar-refractivity contribution in [2.75, 3.05) is 25.9 Å². The predicted molar refractivity (Wildman–Crippen MR) is 50.3 cm³/mol. The molecule has 0 spiro atoms. The highest BCUT2D eigenvalue weighted by Crippen LogP contribution is 2.02. The van der Waals surface area contributed by atoms with Gasteiger partial charge < -0.3 is 5.73 Å². The van der Waals surface area contributed by atoms with Crippen LogP contribution >= 0.6 is 0 Å². The van der Waals surface area contributed by atoms with E-state index in [0.717, 1.165) is 0 Å². The molecule has 0 bridgehead atoms. The Kier molecular flexibility index (Phi) is 4.74. The van der Waals surface area contributed by atoms with Gasteiger partial charge in [-0.15, -0.1) is 0 Å². The van der Waals surface area contributed by atoms with Crippen LogP contribution in [0.1, 0.15) is 13.8 Å². The van der Waals surface area contributed by atoms with Gasteiger partial charge in [-0.25, -0.2) is 12.7 Å². The summed E-state index contributed by atoms with van der Waals surface area (Å²) in [6.07, 6.45) is 0. The molecule has 0 aliphatic carbocycles. The Bertz CT molecular complexity index is 211. The number of nitrogens with two attached hydrogens (primary N) is 1. The fourth-order valence-corrected chi connectivity index (χ4v) is 2.07. The SMILES string of the molecule is CC(C)CN(C)S(=O)(=O)CCN. The van der Waals surface area contributed by atoms with Crippen molar-refractivity contribution in [2.24, 2.45) is 11.7 Å². The zero-order valence-corrected chi connectivity index (χ0v) is 8.76. The molecular formula is C7H18N2O2S. The molecule has 0 radical (unpaired) electrons. The smallest absolute Gasteiger partial charge is 0.215 e. The van der Waals surface area contributed by atoms with Gasteiger partial charge in [0.25, 0.3) is 0 Å². The number of rotatable bonds is 5. The maximum absolute atomic E-state index is 11.3. The fourth-order valence-electron chi connectivity index (χ4n) is 0.933. The first kappa shape index (κ1) is 11.9. The molecule has 0 rings (SSSR count). The molecule has 0 aliphatic rings. The maximum atomic E-state index is 11.3. The van der Waals surface area contributed by atoms with Gasteiger partial charge in [-0.05, 0) is 5.92 Å². The van der Waals surface area contributed by atoms with Crippen LogP contribution in [0.15, 0.2) is 0 Å². The van der Waals surface area contributed by atoms with Crippen molar-refractivity contribution in [3.63, 3.8) is 0 Å². The molecule has 0 saturated heterocycles. The lowest BCUT2D eigenvalue weighted by atomic mass is 10.2. The minimum Gasteiger partial charge on any atom is -0.329 e. The van der Waals surface area contributed by atoms with Crippen LogP contribution in [0, 0.1) is 5.92 Å². The van der Waals surface area contributed by atoms with E-state index >= 15 is 0 Å². The van der Waals surface area contributed by atoms with E-state index in [1.165, 1.54) is 4.31 Å². The highest BCUT2D eigenvalue weighted by Gasteiger charge is 2.16. The van der Waals surface area contributed by atoms with Crippen LogP contribution in [-0.2, 0) is 10.0 Å². The zero-order valence-electron chi connectivity index (χ0n) is 7.95. The maximum Gasteiger partial charge on any atom is 0.215 e. The average molecular weight is 194 g/mol. The van der Waals surface area contributed by atoms with Gasteiger partial charge in [-0.3, -0.25) is 0 Å². The summed E-state index contributed by atoms with van der Waals surface area (Å²) in [6.45, 7) is 4.70. The van der Waals surface area contributed by atoms with Crippen LogP contribution in [0.4, 0.5) is 0 Å². The summed E-state index contributed by atoms with van der Waals surface area (Å²) in [4.78, 5) is 0. The van der Waals surface area contributed by atoms with Gasteiger partial charge in [0, 0.05) is 20.1 Å². The number of hydrogen-bond acceptors (Lipinski definition) is 3. The van der Waals surface area contributed by atoms with Crippen molar-refractivity contribution in [3.8, 4) is 0 Å². The highest BCUT2D eigenvalue weighted by molar-refractivity contribution is 7.89. The van der Waals surface area contributed by atoms with E-state index in [9.17, 15) is 8.42 Å². The van der Waals surface area contributed by atoms with E-state index in [0.29, 0.717) is 12.5 Å². The summed E-state index contributed by atoms with van der Waals surface area (Å²) in [5, 5.41) is 0. The highest BCUT2D eigenvalue weighted by atomic mass is 32.2. The summed E-state index contributed by atoms with van der Waals surface area (Å²) in [6, 6.07) is 0. The van der Waals surface area contributed by atoms with E-state index in [1.54, 1.807) is 7.05 Å². The van der Waals surface area contributed by atoms with Gasteiger partial charge in [0.05, 0.1) is 5.75 Å². The second-order valence-corrected chi connectivity index (χ2v) is 5.47. The van der Waals surface area contributed by atoms with Crippen molar-refractivity contribution in [1.29, 1.82) is 0 Å². The van der Waals surface area contributed by atoms with Crippen LogP contribution in [0.2, 0.25) is 0 Å². The van der Waals surface area contributed by atoms with Crippen LogP contribution in [0.25, 0.3) is 0 Å². The lowest BCUT2D eigenvalue weighted by Gasteiger charge is -2.18. The first-order chi connectivity index (χ1) is 5.40. The normalized spacial score (nSPS) is 12.8. The van der Waals surface area contributed by atoms with Gasteiger partial charge >= 0.3 is 0 Å². The third-order valence-corrected chi connectivity index (χ3v) is 3.32. The molecule has 0 atom stereocenters. The molecule has 4 nitrogen and oxygen atoms in total. The average Bonchev–Trinajstić information content (AvgIpc) is 1.85. The summed E-state index contributed by atoms with van der Waals surface area (Å²) in [7, 11) is -1.51. The molecule has 12 heavy (non-hydrogen) atoms. The first-order valence-electron chi connectivity index (χ1n) is 4.04. The molecule has 0 amide bonds. The quantitative estimate of drug-likeness (QED) is 0.662. The molecule has 0 unspecified atom stereocenters. The molecule has 0 aromatic rings. The van der Waals surface area contributed by atoms with Crippen molar-refractivity contribution in [3.05, 3.63) is 0 Å². The van der Waals surface area contributed by atoms with Gasteiger partial charge in [-0.1, -0.05) is 13.8 Å². The molecular weight excluding hydrogens is 176 g/mol. The number of sulfonamides is 1. The summed E-state index contributed by atoms with van der Waals surface area (Å²) in [5.41, 5.74) is 5.18. The second-order valence-electron chi connectivity index (χ2n) is 3.28. The Morgan fingerprint density at radius 3 is 2.25 bits per heavy atom. The van der Waals surface area contributed by atoms with Crippen LogP contribution < -0.4 is 5.73 Å². The molecule has 74 valence electrons. The minimum atomic E-state index is -3.10. The monoisotopic (exact) mass is 194 g/mol. The Morgan fingerprint density at radius 2 is 1.92 bits per heavy atom. The van der Waals surface area contributed by atoms with Crippen molar-refractivity contribution in [1.82, 2.24) is 4.31 Å². The number of hydrogen-bond donors (Lipinski definition) is 1. The summed E-state index contributed by atoms with van der Waals surface area (Å²) < 4.78 is 24.0. The van der Waals surface area contributed by atoms with Crippen LogP contribution in [-0.4, -0.2) is 38.6 Å². The van der Waals surface area contributed by atoms with Gasteiger partial charge in [0.1, 0.15) is 0 Å². The van der Waals surface area contributed by atoms with E-state index in [2.05, 4.69) is 0 Å². The minimum absolute atomic E-state index is 0.0379. The van der Waals surface area contributed by atoms with Gasteiger partial charge in [-0.2, -0.15) is 0 Å². The molecule has 5 heteroatoms. The van der Waals surface area contributed by atoms with Crippen LogP contribution in [0.3, 0.4) is 0 Å². The second kappa shape index (κ2) is 4.79. The van der Waals surface area contributed by atoms with E-state index in [-0.39, 0.29) is 12.3 Å². The standard InChI is InChI=1S/C7H18N2O2S/c1-7(2)6-9(3)12(10,11)5-4-8/h7H,4-6,8H2,1-3H3. The summed E-state index contributed by atoms with van der Waals surface area (Å²) in [5.74, 6) is 0.387. The molecule has 0 aromatic carbocycles. The molecule has 0 aromatic heterocycles. The Morgan fingerprint density at radius 1 is 1.42 bits per heavy atom.